The van der Waals surface area contributed by atoms with Gasteiger partial charge in [0.15, 0.2) is 5.78 Å². The molecule has 0 spiro atoms. The highest BCUT2D eigenvalue weighted by atomic mass is 16.2. The lowest BCUT2D eigenvalue weighted by Crippen LogP contribution is -2.53. The number of nitrogens with zero attached hydrogens (tertiary/aromatic N) is 4. The molecule has 5 rings (SSSR count). The topological polar surface area (TPSA) is 103 Å². The Balaban J connectivity index is 1.29. The van der Waals surface area contributed by atoms with E-state index in [1.165, 1.54) is 12.8 Å². The number of amides is 3. The summed E-state index contributed by atoms with van der Waals surface area (Å²) in [4.78, 5) is 62.5. The van der Waals surface area contributed by atoms with Crippen molar-refractivity contribution in [1.82, 2.24) is 20.1 Å². The molecule has 0 radical (unpaired) electrons. The quantitative estimate of drug-likeness (QED) is 0.606. The fourth-order valence-corrected chi connectivity index (χ4v) is 5.93. The average Bonchev–Trinajstić information content (AvgIpc) is 3.67. The maximum absolute atomic E-state index is 13.8. The molecule has 9 nitrogen and oxygen atoms in total. The summed E-state index contributed by atoms with van der Waals surface area (Å²) in [6.45, 7) is 6.40. The predicted molar refractivity (Wildman–Crippen MR) is 143 cm³/mol. The number of ketones is 1. The van der Waals surface area contributed by atoms with Crippen LogP contribution in [-0.2, 0) is 9.59 Å². The number of nitrogens with one attached hydrogen (secondary N) is 1. The van der Waals surface area contributed by atoms with Gasteiger partial charge in [0.1, 0.15) is 12.1 Å². The summed E-state index contributed by atoms with van der Waals surface area (Å²) in [5, 5.41) is 2.94. The molecule has 2 aromatic rings. The van der Waals surface area contributed by atoms with Crippen LogP contribution in [0.1, 0.15) is 60.2 Å². The van der Waals surface area contributed by atoms with Crippen molar-refractivity contribution in [2.75, 3.05) is 31.1 Å². The van der Waals surface area contributed by atoms with E-state index >= 15 is 0 Å². The summed E-state index contributed by atoms with van der Waals surface area (Å²) in [7, 11) is 0. The Hall–Kier alpha value is -3.75. The molecular formula is C29H35N5O4. The van der Waals surface area contributed by atoms with Crippen molar-refractivity contribution >= 4 is 29.2 Å². The van der Waals surface area contributed by atoms with E-state index < -0.39 is 12.1 Å². The number of hydrogen-bond acceptors (Lipinski definition) is 6. The van der Waals surface area contributed by atoms with Gasteiger partial charge in [-0.3, -0.25) is 24.2 Å². The molecule has 3 amide bonds. The van der Waals surface area contributed by atoms with E-state index in [0.29, 0.717) is 30.5 Å². The maximum atomic E-state index is 13.8. The highest BCUT2D eigenvalue weighted by Crippen LogP contribution is 2.32. The summed E-state index contributed by atoms with van der Waals surface area (Å²) in [6.07, 6.45) is 6.44. The van der Waals surface area contributed by atoms with Crippen LogP contribution in [0.2, 0.25) is 0 Å². The average molecular weight is 518 g/mol. The lowest BCUT2D eigenvalue weighted by molar-refractivity contribution is -0.138. The Morgan fingerprint density at radius 2 is 1.63 bits per heavy atom. The molecule has 3 aliphatic heterocycles. The number of aromatic nitrogens is 1. The van der Waals surface area contributed by atoms with Gasteiger partial charge in [0.25, 0.3) is 11.8 Å². The van der Waals surface area contributed by atoms with Crippen LogP contribution >= 0.6 is 0 Å². The van der Waals surface area contributed by atoms with Crippen molar-refractivity contribution in [3.05, 3.63) is 59.9 Å². The first kappa shape index (κ1) is 25.9. The minimum absolute atomic E-state index is 0.0230. The van der Waals surface area contributed by atoms with Crippen LogP contribution in [0.15, 0.2) is 48.8 Å². The number of benzene rings is 1. The molecule has 3 fully saturated rings. The second kappa shape index (κ2) is 10.9. The van der Waals surface area contributed by atoms with E-state index in [4.69, 9.17) is 0 Å². The Bertz CT molecular complexity index is 1190. The highest BCUT2D eigenvalue weighted by molar-refractivity contribution is 6.03. The van der Waals surface area contributed by atoms with Crippen molar-refractivity contribution in [2.45, 2.75) is 57.7 Å². The Morgan fingerprint density at radius 3 is 2.29 bits per heavy atom. The first-order valence-electron chi connectivity index (χ1n) is 13.5. The smallest absolute Gasteiger partial charge is 0.254 e. The van der Waals surface area contributed by atoms with Crippen LogP contribution < -0.4 is 10.2 Å². The first-order chi connectivity index (χ1) is 18.3. The molecule has 3 aliphatic rings. The van der Waals surface area contributed by atoms with Gasteiger partial charge in [-0.1, -0.05) is 13.8 Å². The van der Waals surface area contributed by atoms with E-state index in [2.05, 4.69) is 15.2 Å². The van der Waals surface area contributed by atoms with Crippen LogP contribution in [0.5, 0.6) is 0 Å². The van der Waals surface area contributed by atoms with Gasteiger partial charge in [0.05, 0.1) is 12.6 Å². The Morgan fingerprint density at radius 1 is 0.947 bits per heavy atom. The van der Waals surface area contributed by atoms with Crippen LogP contribution in [0.4, 0.5) is 5.69 Å². The van der Waals surface area contributed by atoms with Crippen molar-refractivity contribution in [1.29, 1.82) is 0 Å². The van der Waals surface area contributed by atoms with Gasteiger partial charge in [-0.25, -0.2) is 0 Å². The van der Waals surface area contributed by atoms with Gasteiger partial charge in [0.2, 0.25) is 5.91 Å². The van der Waals surface area contributed by atoms with E-state index in [0.717, 1.165) is 18.8 Å². The number of pyridine rings is 1. The molecule has 200 valence electrons. The molecule has 0 aliphatic carbocycles. The van der Waals surface area contributed by atoms with Gasteiger partial charge in [-0.15, -0.1) is 0 Å². The second-order valence-corrected chi connectivity index (χ2v) is 10.9. The number of anilines is 1. The van der Waals surface area contributed by atoms with Crippen LogP contribution in [0.3, 0.4) is 0 Å². The predicted octanol–water partition coefficient (Wildman–Crippen LogP) is 2.52. The third-order valence-electron chi connectivity index (χ3n) is 7.80. The summed E-state index contributed by atoms with van der Waals surface area (Å²) < 4.78 is 0. The van der Waals surface area contributed by atoms with Crippen LogP contribution in [0, 0.1) is 5.92 Å². The SMILES string of the molecule is CC(C)CC(NC(=O)c1ccc(N2CCCC2)cc1)C(=O)N1CCC2C1C(=O)CN2C(=O)c1ccncc1. The fourth-order valence-electron chi connectivity index (χ4n) is 5.93. The molecule has 0 saturated carbocycles. The zero-order valence-electron chi connectivity index (χ0n) is 22.0. The first-order valence-corrected chi connectivity index (χ1v) is 13.5. The summed E-state index contributed by atoms with van der Waals surface area (Å²) in [5.74, 6) is -0.786. The molecule has 1 aromatic carbocycles. The number of rotatable bonds is 7. The largest absolute Gasteiger partial charge is 0.372 e. The van der Waals surface area contributed by atoms with Gasteiger partial charge < -0.3 is 20.0 Å². The monoisotopic (exact) mass is 517 g/mol. The van der Waals surface area contributed by atoms with E-state index in [1.807, 2.05) is 26.0 Å². The number of carbonyl (C=O) groups is 4. The van der Waals surface area contributed by atoms with Gasteiger partial charge in [-0.05, 0) is 68.0 Å². The van der Waals surface area contributed by atoms with E-state index in [1.54, 1.807) is 46.5 Å². The van der Waals surface area contributed by atoms with E-state index in [-0.39, 0.29) is 42.0 Å². The number of Topliss-reactive ketones (excluding diaryl/α,β-unsaturated/α-hetero) is 1. The molecule has 0 bridgehead atoms. The molecular weight excluding hydrogens is 482 g/mol. The lowest BCUT2D eigenvalue weighted by Gasteiger charge is -2.29. The minimum Gasteiger partial charge on any atom is -0.372 e. The zero-order chi connectivity index (χ0) is 26.8. The molecule has 1 aromatic heterocycles. The Labute approximate surface area is 223 Å². The van der Waals surface area contributed by atoms with Crippen molar-refractivity contribution < 1.29 is 19.2 Å². The van der Waals surface area contributed by atoms with Crippen LogP contribution in [0.25, 0.3) is 0 Å². The lowest BCUT2D eigenvalue weighted by atomic mass is 10.0. The molecule has 1 N–H and O–H groups in total. The van der Waals surface area contributed by atoms with Crippen molar-refractivity contribution in [3.8, 4) is 0 Å². The van der Waals surface area contributed by atoms with Crippen molar-refractivity contribution in [2.24, 2.45) is 5.92 Å². The standard InChI is InChI=1S/C29H35N5O4/c1-19(2)17-23(31-27(36)20-5-7-22(8-6-20)32-14-3-4-15-32)29(38)33-16-11-24-26(33)25(35)18-34(24)28(37)21-9-12-30-13-10-21/h5-10,12-13,19,23-24,26H,3-4,11,14-18H2,1-2H3,(H,31,36). The number of likely N-dealkylation sites (tertiary alicyclic amines) is 2. The van der Waals surface area contributed by atoms with Gasteiger partial charge in [0, 0.05) is 48.8 Å². The van der Waals surface area contributed by atoms with E-state index in [9.17, 15) is 19.2 Å². The highest BCUT2D eigenvalue weighted by Gasteiger charge is 2.52. The van der Waals surface area contributed by atoms with Crippen LogP contribution in [-0.4, -0.2) is 82.6 Å². The maximum Gasteiger partial charge on any atom is 0.254 e. The summed E-state index contributed by atoms with van der Waals surface area (Å²) in [5.41, 5.74) is 2.07. The fraction of sp³-hybridized carbons (Fsp3) is 0.483. The molecule has 38 heavy (non-hydrogen) atoms. The zero-order valence-corrected chi connectivity index (χ0v) is 22.0. The number of hydrogen-bond donors (Lipinski definition) is 1. The molecule has 3 saturated heterocycles. The summed E-state index contributed by atoms with van der Waals surface area (Å²) in [6, 6.07) is 8.97. The van der Waals surface area contributed by atoms with Crippen molar-refractivity contribution in [3.63, 3.8) is 0 Å². The molecule has 3 atom stereocenters. The molecule has 3 unspecified atom stereocenters. The number of carbonyl (C=O) groups excluding carboxylic acids is 4. The third kappa shape index (κ3) is 5.14. The number of fused-ring (bicyclic) bond motifs is 1. The molecule has 4 heterocycles. The Kier molecular flexibility index (Phi) is 7.44. The second-order valence-electron chi connectivity index (χ2n) is 10.9. The minimum atomic E-state index is -0.753. The normalized spacial score (nSPS) is 21.7. The van der Waals surface area contributed by atoms with Gasteiger partial charge in [-0.2, -0.15) is 0 Å². The van der Waals surface area contributed by atoms with Gasteiger partial charge >= 0.3 is 0 Å². The molecule has 9 heteroatoms. The summed E-state index contributed by atoms with van der Waals surface area (Å²) >= 11 is 0. The third-order valence-corrected chi connectivity index (χ3v) is 7.80.